The molecule has 3 N–H and O–H groups in total. The lowest BCUT2D eigenvalue weighted by Crippen LogP contribution is -2.50. The minimum atomic E-state index is 0.279. The maximum Gasteiger partial charge on any atom is 0.0558 e. The Morgan fingerprint density at radius 1 is 1.15 bits per heavy atom. The smallest absolute Gasteiger partial charge is 0.0558 e. The first-order valence-corrected chi connectivity index (χ1v) is 8.52. The van der Waals surface area contributed by atoms with Gasteiger partial charge in [0.2, 0.25) is 0 Å². The van der Waals surface area contributed by atoms with Crippen LogP contribution >= 0.6 is 0 Å². The van der Waals surface area contributed by atoms with Gasteiger partial charge in [-0.05, 0) is 49.4 Å². The second-order valence-corrected chi connectivity index (χ2v) is 8.10. The van der Waals surface area contributed by atoms with Crippen LogP contribution in [0.2, 0.25) is 0 Å². The fourth-order valence-electron chi connectivity index (χ4n) is 3.89. The van der Waals surface area contributed by atoms with E-state index in [1.165, 1.54) is 38.5 Å². The third-order valence-corrected chi connectivity index (χ3v) is 5.71. The summed E-state index contributed by atoms with van der Waals surface area (Å²) >= 11 is 0. The summed E-state index contributed by atoms with van der Waals surface area (Å²) in [5.41, 5.74) is 6.80. The molecule has 0 radical (unpaired) electrons. The average molecular weight is 282 g/mol. The fourth-order valence-corrected chi connectivity index (χ4v) is 3.89. The molecule has 3 atom stereocenters. The molecule has 0 bridgehead atoms. The average Bonchev–Trinajstić information content (AvgIpc) is 2.28. The van der Waals surface area contributed by atoms with Crippen LogP contribution in [-0.4, -0.2) is 41.8 Å². The summed E-state index contributed by atoms with van der Waals surface area (Å²) in [6.45, 7) is 9.29. The van der Waals surface area contributed by atoms with Gasteiger partial charge in [-0.25, -0.2) is 0 Å². The van der Waals surface area contributed by atoms with Crippen LogP contribution in [0.25, 0.3) is 0 Å². The molecule has 2 aliphatic rings. The Bertz CT molecular complexity index is 296. The van der Waals surface area contributed by atoms with E-state index in [1.807, 2.05) is 0 Å². The van der Waals surface area contributed by atoms with Gasteiger partial charge in [0, 0.05) is 25.2 Å². The van der Waals surface area contributed by atoms with Crippen molar-refractivity contribution < 1.29 is 5.11 Å². The molecule has 2 aliphatic carbocycles. The molecule has 0 aromatic rings. The summed E-state index contributed by atoms with van der Waals surface area (Å²) in [5.74, 6) is 1.41. The van der Waals surface area contributed by atoms with Gasteiger partial charge in [0.05, 0.1) is 6.61 Å². The highest BCUT2D eigenvalue weighted by molar-refractivity contribution is 4.90. The monoisotopic (exact) mass is 282 g/mol. The van der Waals surface area contributed by atoms with Crippen molar-refractivity contribution >= 4 is 0 Å². The number of aliphatic hydroxyl groups excluding tert-OH is 1. The molecule has 2 rings (SSSR count). The van der Waals surface area contributed by atoms with Crippen molar-refractivity contribution in [1.82, 2.24) is 4.90 Å². The molecule has 3 nitrogen and oxygen atoms in total. The molecule has 0 aromatic heterocycles. The number of nitrogens with two attached hydrogens (primary N) is 1. The van der Waals surface area contributed by atoms with E-state index in [1.54, 1.807) is 0 Å². The molecular weight excluding hydrogens is 248 g/mol. The van der Waals surface area contributed by atoms with E-state index in [-0.39, 0.29) is 6.61 Å². The third-order valence-electron chi connectivity index (χ3n) is 5.71. The van der Waals surface area contributed by atoms with E-state index in [4.69, 9.17) is 5.73 Å². The van der Waals surface area contributed by atoms with Gasteiger partial charge in [-0.2, -0.15) is 0 Å². The second kappa shape index (κ2) is 6.76. The van der Waals surface area contributed by atoms with Gasteiger partial charge in [0.1, 0.15) is 0 Å². The quantitative estimate of drug-likeness (QED) is 0.815. The largest absolute Gasteiger partial charge is 0.395 e. The summed E-state index contributed by atoms with van der Waals surface area (Å²) in [4.78, 5) is 2.51. The maximum absolute atomic E-state index is 9.31. The van der Waals surface area contributed by atoms with Gasteiger partial charge in [-0.1, -0.05) is 27.2 Å². The SMILES string of the molecule is CC(C)(C)C1CCC(N)C(CN(CCO)C2CCC2)C1. The van der Waals surface area contributed by atoms with Crippen molar-refractivity contribution in [2.45, 2.75) is 71.4 Å². The van der Waals surface area contributed by atoms with Crippen molar-refractivity contribution in [3.8, 4) is 0 Å². The van der Waals surface area contributed by atoms with Crippen LogP contribution in [-0.2, 0) is 0 Å². The predicted octanol–water partition coefficient (Wildman–Crippen LogP) is 2.62. The van der Waals surface area contributed by atoms with Gasteiger partial charge < -0.3 is 10.8 Å². The molecule has 0 aromatic carbocycles. The van der Waals surface area contributed by atoms with Crippen LogP contribution in [0.1, 0.15) is 59.3 Å². The summed E-state index contributed by atoms with van der Waals surface area (Å²) < 4.78 is 0. The highest BCUT2D eigenvalue weighted by Crippen LogP contribution is 2.40. The highest BCUT2D eigenvalue weighted by atomic mass is 16.3. The Morgan fingerprint density at radius 2 is 1.85 bits per heavy atom. The molecule has 3 unspecified atom stereocenters. The van der Waals surface area contributed by atoms with Gasteiger partial charge in [-0.3, -0.25) is 4.90 Å². The molecule has 2 fully saturated rings. The number of rotatable bonds is 5. The molecule has 0 spiro atoms. The van der Waals surface area contributed by atoms with Crippen molar-refractivity contribution in [2.75, 3.05) is 19.7 Å². The van der Waals surface area contributed by atoms with Gasteiger partial charge in [0.25, 0.3) is 0 Å². The lowest BCUT2D eigenvalue weighted by molar-refractivity contribution is 0.0503. The van der Waals surface area contributed by atoms with Crippen molar-refractivity contribution in [2.24, 2.45) is 23.0 Å². The van der Waals surface area contributed by atoms with Crippen molar-refractivity contribution in [3.05, 3.63) is 0 Å². The zero-order valence-corrected chi connectivity index (χ0v) is 13.6. The topological polar surface area (TPSA) is 49.5 Å². The number of hydrogen-bond acceptors (Lipinski definition) is 3. The predicted molar refractivity (Wildman–Crippen MR) is 84.6 cm³/mol. The van der Waals surface area contributed by atoms with Crippen LogP contribution in [0.3, 0.4) is 0 Å². The van der Waals surface area contributed by atoms with E-state index in [2.05, 4.69) is 25.7 Å². The molecule has 2 saturated carbocycles. The Hall–Kier alpha value is -0.120. The molecule has 0 heterocycles. The van der Waals surface area contributed by atoms with Crippen LogP contribution < -0.4 is 5.73 Å². The zero-order valence-electron chi connectivity index (χ0n) is 13.6. The maximum atomic E-state index is 9.31. The lowest BCUT2D eigenvalue weighted by Gasteiger charge is -2.45. The first kappa shape index (κ1) is 16.3. The van der Waals surface area contributed by atoms with Gasteiger partial charge in [0.15, 0.2) is 0 Å². The number of nitrogens with zero attached hydrogens (tertiary/aromatic N) is 1. The van der Waals surface area contributed by atoms with Crippen LogP contribution in [0.4, 0.5) is 0 Å². The number of aliphatic hydroxyl groups is 1. The standard InChI is InChI=1S/C17H34N2O/c1-17(2,3)14-7-8-16(18)13(11-14)12-19(9-10-20)15-5-4-6-15/h13-16,20H,4-12,18H2,1-3H3. The highest BCUT2D eigenvalue weighted by Gasteiger charge is 2.36. The molecule has 0 saturated heterocycles. The second-order valence-electron chi connectivity index (χ2n) is 8.10. The van der Waals surface area contributed by atoms with Crippen molar-refractivity contribution in [3.63, 3.8) is 0 Å². The van der Waals surface area contributed by atoms with Crippen molar-refractivity contribution in [1.29, 1.82) is 0 Å². The minimum absolute atomic E-state index is 0.279. The Kier molecular flexibility index (Phi) is 5.49. The Labute approximate surface area is 124 Å². The molecule has 3 heteroatoms. The summed E-state index contributed by atoms with van der Waals surface area (Å²) in [5, 5.41) is 9.31. The molecular formula is C17H34N2O. The summed E-state index contributed by atoms with van der Waals surface area (Å²) in [6, 6.07) is 1.07. The zero-order chi connectivity index (χ0) is 14.8. The molecule has 20 heavy (non-hydrogen) atoms. The van der Waals surface area contributed by atoms with E-state index in [0.717, 1.165) is 19.0 Å². The van der Waals surface area contributed by atoms with Gasteiger partial charge in [-0.15, -0.1) is 0 Å². The first-order chi connectivity index (χ1) is 9.41. The van der Waals surface area contributed by atoms with Crippen LogP contribution in [0, 0.1) is 17.3 Å². The summed E-state index contributed by atoms with van der Waals surface area (Å²) in [7, 11) is 0. The lowest BCUT2D eigenvalue weighted by atomic mass is 9.67. The van der Waals surface area contributed by atoms with Crippen LogP contribution in [0.15, 0.2) is 0 Å². The normalized spacial score (nSPS) is 32.4. The molecule has 0 aliphatic heterocycles. The molecule has 0 amide bonds. The van der Waals surface area contributed by atoms with E-state index >= 15 is 0 Å². The summed E-state index contributed by atoms with van der Waals surface area (Å²) in [6.07, 6.45) is 7.69. The van der Waals surface area contributed by atoms with E-state index in [0.29, 0.717) is 23.4 Å². The fraction of sp³-hybridized carbons (Fsp3) is 1.00. The minimum Gasteiger partial charge on any atom is -0.395 e. The third kappa shape index (κ3) is 3.96. The first-order valence-electron chi connectivity index (χ1n) is 8.52. The van der Waals surface area contributed by atoms with Crippen LogP contribution in [0.5, 0.6) is 0 Å². The number of hydrogen-bond donors (Lipinski definition) is 2. The Balaban J connectivity index is 1.93. The molecule has 118 valence electrons. The van der Waals surface area contributed by atoms with Gasteiger partial charge >= 0.3 is 0 Å². The van der Waals surface area contributed by atoms with E-state index in [9.17, 15) is 5.11 Å². The Morgan fingerprint density at radius 3 is 2.35 bits per heavy atom. The van der Waals surface area contributed by atoms with E-state index < -0.39 is 0 Å².